The fourth-order valence-electron chi connectivity index (χ4n) is 2.59. The Kier molecular flexibility index (Phi) is 6.41. The van der Waals surface area contributed by atoms with Crippen molar-refractivity contribution in [1.29, 1.82) is 0 Å². The molecular weight excluding hydrogens is 399 g/mol. The number of carbonyl (C=O) groups is 1. The largest absolute Gasteiger partial charge is 0.573 e. The van der Waals surface area contributed by atoms with Gasteiger partial charge in [-0.1, -0.05) is 25.1 Å². The van der Waals surface area contributed by atoms with Crippen LogP contribution in [0.15, 0.2) is 66.9 Å². The lowest BCUT2D eigenvalue weighted by Crippen LogP contribution is -2.20. The number of alkyl halides is 3. The lowest BCUT2D eigenvalue weighted by molar-refractivity contribution is -0.274. The van der Waals surface area contributed by atoms with Crippen molar-refractivity contribution in [3.05, 3.63) is 72.4 Å². The third kappa shape index (κ3) is 5.87. The van der Waals surface area contributed by atoms with Crippen LogP contribution in [-0.4, -0.2) is 17.4 Å². The minimum absolute atomic E-state index is 0.211. The average Bonchev–Trinajstić information content (AvgIpc) is 2.70. The van der Waals surface area contributed by atoms with Gasteiger partial charge in [-0.15, -0.1) is 13.2 Å². The molecule has 0 aliphatic heterocycles. The Bertz CT molecular complexity index is 1010. The van der Waals surface area contributed by atoms with E-state index < -0.39 is 12.4 Å². The number of aromatic nitrogens is 1. The normalized spacial score (nSPS) is 10.9. The molecule has 0 spiro atoms. The van der Waals surface area contributed by atoms with Crippen LogP contribution in [0.3, 0.4) is 0 Å². The number of aryl methyl sites for hydroxylation is 1. The first kappa shape index (κ1) is 21.0. The first-order valence-corrected chi connectivity index (χ1v) is 8.98. The average molecular weight is 417 g/mol. The summed E-state index contributed by atoms with van der Waals surface area (Å²) in [5, 5.41) is 5.14. The molecule has 0 fully saturated rings. The van der Waals surface area contributed by atoms with E-state index >= 15 is 0 Å². The summed E-state index contributed by atoms with van der Waals surface area (Å²) >= 11 is 0. The number of urea groups is 1. The number of hydrogen-bond donors (Lipinski definition) is 2. The lowest BCUT2D eigenvalue weighted by Gasteiger charge is -2.14. The number of anilines is 2. The molecule has 3 rings (SSSR count). The van der Waals surface area contributed by atoms with Gasteiger partial charge in [0.2, 0.25) is 5.88 Å². The van der Waals surface area contributed by atoms with E-state index in [9.17, 15) is 18.0 Å². The van der Waals surface area contributed by atoms with E-state index in [0.717, 1.165) is 24.1 Å². The highest BCUT2D eigenvalue weighted by Crippen LogP contribution is 2.30. The zero-order valence-electron chi connectivity index (χ0n) is 15.9. The zero-order chi connectivity index (χ0) is 21.6. The van der Waals surface area contributed by atoms with E-state index in [0.29, 0.717) is 11.4 Å². The molecule has 0 aliphatic rings. The highest BCUT2D eigenvalue weighted by Gasteiger charge is 2.30. The van der Waals surface area contributed by atoms with Gasteiger partial charge in [-0.3, -0.25) is 0 Å². The van der Waals surface area contributed by atoms with Crippen LogP contribution in [0.2, 0.25) is 0 Å². The number of nitrogens with one attached hydrogen (secondary N) is 2. The number of halogens is 3. The minimum Gasteiger partial charge on any atom is -0.437 e. The van der Waals surface area contributed by atoms with Crippen LogP contribution in [0.25, 0.3) is 0 Å². The predicted octanol–water partition coefficient (Wildman–Crippen LogP) is 5.98. The number of benzene rings is 2. The Morgan fingerprint density at radius 1 is 1.00 bits per heavy atom. The third-order valence-electron chi connectivity index (χ3n) is 3.93. The summed E-state index contributed by atoms with van der Waals surface area (Å²) in [6.07, 6.45) is -2.48. The second-order valence-electron chi connectivity index (χ2n) is 6.07. The molecule has 2 amide bonds. The number of nitrogens with zero attached hydrogens (tertiary/aromatic N) is 1. The third-order valence-corrected chi connectivity index (χ3v) is 3.93. The van der Waals surface area contributed by atoms with Gasteiger partial charge in [0.25, 0.3) is 0 Å². The standard InChI is InChI=1S/C21H18F3N3O3/c1-2-14-6-3-4-8-18(14)29-19-17(7-5-13-25-19)27-20(28)26-15-9-11-16(12-10-15)30-21(22,23)24/h3-13H,2H2,1H3,(H2,26,27,28). The molecule has 156 valence electrons. The fourth-order valence-corrected chi connectivity index (χ4v) is 2.59. The molecule has 0 saturated carbocycles. The van der Waals surface area contributed by atoms with Crippen LogP contribution >= 0.6 is 0 Å². The van der Waals surface area contributed by atoms with Crippen LogP contribution in [0.5, 0.6) is 17.4 Å². The monoisotopic (exact) mass is 417 g/mol. The molecule has 1 heterocycles. The molecule has 6 nitrogen and oxygen atoms in total. The summed E-state index contributed by atoms with van der Waals surface area (Å²) in [5.41, 5.74) is 1.60. The predicted molar refractivity (Wildman–Crippen MR) is 106 cm³/mol. The van der Waals surface area contributed by atoms with Crippen molar-refractivity contribution in [2.24, 2.45) is 0 Å². The van der Waals surface area contributed by atoms with Crippen LogP contribution < -0.4 is 20.1 Å². The number of ether oxygens (including phenoxy) is 2. The Labute approximate surface area is 170 Å². The van der Waals surface area contributed by atoms with Crippen molar-refractivity contribution >= 4 is 17.4 Å². The van der Waals surface area contributed by atoms with E-state index in [4.69, 9.17) is 4.74 Å². The molecule has 0 bridgehead atoms. The molecule has 0 atom stereocenters. The maximum absolute atomic E-state index is 12.3. The van der Waals surface area contributed by atoms with Crippen LogP contribution in [0, 0.1) is 0 Å². The topological polar surface area (TPSA) is 72.5 Å². The van der Waals surface area contributed by atoms with E-state index in [1.54, 1.807) is 12.1 Å². The van der Waals surface area contributed by atoms with Crippen LogP contribution in [-0.2, 0) is 6.42 Å². The molecule has 0 radical (unpaired) electrons. The molecule has 3 aromatic rings. The number of carbonyl (C=O) groups excluding carboxylic acids is 1. The van der Waals surface area contributed by atoms with Crippen molar-refractivity contribution in [3.63, 3.8) is 0 Å². The molecule has 2 aromatic carbocycles. The van der Waals surface area contributed by atoms with Gasteiger partial charge in [-0.2, -0.15) is 0 Å². The van der Waals surface area contributed by atoms with Crippen molar-refractivity contribution in [2.45, 2.75) is 19.7 Å². The number of amides is 2. The number of para-hydroxylation sites is 1. The summed E-state index contributed by atoms with van der Waals surface area (Å²) in [6.45, 7) is 2.00. The minimum atomic E-state index is -4.78. The van der Waals surface area contributed by atoms with Crippen LogP contribution in [0.4, 0.5) is 29.3 Å². The quantitative estimate of drug-likeness (QED) is 0.518. The number of hydrogen-bond acceptors (Lipinski definition) is 4. The summed E-state index contributed by atoms with van der Waals surface area (Å²) in [7, 11) is 0. The van der Waals surface area contributed by atoms with Gasteiger partial charge in [-0.25, -0.2) is 9.78 Å². The van der Waals surface area contributed by atoms with E-state index in [2.05, 4.69) is 20.4 Å². The molecule has 0 saturated heterocycles. The zero-order valence-corrected chi connectivity index (χ0v) is 15.9. The lowest BCUT2D eigenvalue weighted by atomic mass is 10.1. The van der Waals surface area contributed by atoms with Gasteiger partial charge < -0.3 is 20.1 Å². The second-order valence-corrected chi connectivity index (χ2v) is 6.07. The Morgan fingerprint density at radius 2 is 1.73 bits per heavy atom. The molecule has 9 heteroatoms. The molecular formula is C21H18F3N3O3. The highest BCUT2D eigenvalue weighted by molar-refractivity contribution is 6.00. The van der Waals surface area contributed by atoms with Crippen molar-refractivity contribution in [2.75, 3.05) is 10.6 Å². The SMILES string of the molecule is CCc1ccccc1Oc1ncccc1NC(=O)Nc1ccc(OC(F)(F)F)cc1. The summed E-state index contributed by atoms with van der Waals surface area (Å²) in [5.74, 6) is 0.455. The highest BCUT2D eigenvalue weighted by atomic mass is 19.4. The number of rotatable bonds is 6. The van der Waals surface area contributed by atoms with Crippen molar-refractivity contribution < 1.29 is 27.4 Å². The van der Waals surface area contributed by atoms with Gasteiger partial charge in [0.1, 0.15) is 17.2 Å². The van der Waals surface area contributed by atoms with Gasteiger partial charge in [-0.05, 0) is 54.4 Å². The summed E-state index contributed by atoms with van der Waals surface area (Å²) < 4.78 is 46.3. The maximum atomic E-state index is 12.3. The van der Waals surface area contributed by atoms with Gasteiger partial charge in [0, 0.05) is 11.9 Å². The van der Waals surface area contributed by atoms with Crippen molar-refractivity contribution in [3.8, 4) is 17.4 Å². The second kappa shape index (κ2) is 9.17. The smallest absolute Gasteiger partial charge is 0.437 e. The number of pyridine rings is 1. The Balaban J connectivity index is 1.67. The van der Waals surface area contributed by atoms with E-state index in [-0.39, 0.29) is 17.3 Å². The van der Waals surface area contributed by atoms with E-state index in [1.165, 1.54) is 18.3 Å². The summed E-state index contributed by atoms with van der Waals surface area (Å²) in [4.78, 5) is 16.5. The van der Waals surface area contributed by atoms with E-state index in [1.807, 2.05) is 31.2 Å². The van der Waals surface area contributed by atoms with Crippen LogP contribution in [0.1, 0.15) is 12.5 Å². The summed E-state index contributed by atoms with van der Waals surface area (Å²) in [6, 6.07) is 14.9. The van der Waals surface area contributed by atoms with Gasteiger partial charge >= 0.3 is 12.4 Å². The first-order chi connectivity index (χ1) is 14.3. The molecule has 0 unspecified atom stereocenters. The molecule has 0 aliphatic carbocycles. The maximum Gasteiger partial charge on any atom is 0.573 e. The van der Waals surface area contributed by atoms with Gasteiger partial charge in [0.05, 0.1) is 0 Å². The fraction of sp³-hybridized carbons (Fsp3) is 0.143. The van der Waals surface area contributed by atoms with Crippen molar-refractivity contribution in [1.82, 2.24) is 4.98 Å². The molecule has 2 N–H and O–H groups in total. The Morgan fingerprint density at radius 3 is 2.43 bits per heavy atom. The Hall–Kier alpha value is -3.75. The van der Waals surface area contributed by atoms with Gasteiger partial charge in [0.15, 0.2) is 0 Å². The molecule has 1 aromatic heterocycles. The first-order valence-electron chi connectivity index (χ1n) is 8.98. The molecule has 30 heavy (non-hydrogen) atoms.